The Hall–Kier alpha value is -2.76. The van der Waals surface area contributed by atoms with E-state index in [2.05, 4.69) is 105 Å². The van der Waals surface area contributed by atoms with Gasteiger partial charge in [0.05, 0.1) is 29.9 Å². The van der Waals surface area contributed by atoms with Gasteiger partial charge in [-0.15, -0.1) is 0 Å². The third kappa shape index (κ3) is 3.28. The van der Waals surface area contributed by atoms with E-state index >= 15 is 0 Å². The number of aryl methyl sites for hydroxylation is 1. The maximum absolute atomic E-state index is 5.79. The summed E-state index contributed by atoms with van der Waals surface area (Å²) >= 11 is 0. The van der Waals surface area contributed by atoms with Crippen molar-refractivity contribution in [3.63, 3.8) is 0 Å². The summed E-state index contributed by atoms with van der Waals surface area (Å²) in [5, 5.41) is 3.71. The predicted octanol–water partition coefficient (Wildman–Crippen LogP) is 3.76. The summed E-state index contributed by atoms with van der Waals surface area (Å²) in [7, 11) is 16.3. The Morgan fingerprint density at radius 1 is 0.893 bits per heavy atom. The fourth-order valence-corrected chi connectivity index (χ4v) is 3.86. The lowest BCUT2D eigenvalue weighted by molar-refractivity contribution is 0.406. The smallest absolute Gasteiger partial charge is 0.129 e. The number of nitrogens with one attached hydrogen (secondary N) is 1. The predicted molar refractivity (Wildman–Crippen MR) is 122 cm³/mol. The molecule has 0 amide bonds. The summed E-state index contributed by atoms with van der Waals surface area (Å²) in [5.74, 6) is 0.904. The van der Waals surface area contributed by atoms with Crippen LogP contribution >= 0.6 is 0 Å². The molecule has 6 nitrogen and oxygen atoms in total. The molecule has 0 aromatic heterocycles. The first-order chi connectivity index (χ1) is 13.1. The molecule has 2 aromatic carbocycles. The Morgan fingerprint density at radius 3 is 2.04 bits per heavy atom. The van der Waals surface area contributed by atoms with Crippen LogP contribution in [0, 0.1) is 6.92 Å². The molecule has 0 fully saturated rings. The van der Waals surface area contributed by atoms with Gasteiger partial charge in [-0.1, -0.05) is 0 Å². The molecule has 1 heterocycles. The average Bonchev–Trinajstić information content (AvgIpc) is 2.95. The molecule has 0 bridgehead atoms. The van der Waals surface area contributed by atoms with Gasteiger partial charge in [-0.2, -0.15) is 0 Å². The van der Waals surface area contributed by atoms with E-state index in [-0.39, 0.29) is 6.17 Å². The first kappa shape index (κ1) is 20.0. The highest BCUT2D eigenvalue weighted by Crippen LogP contribution is 2.48. The zero-order chi connectivity index (χ0) is 20.7. The van der Waals surface area contributed by atoms with Crippen LogP contribution in [-0.2, 0) is 0 Å². The molecule has 1 N–H and O–H groups in total. The minimum Gasteiger partial charge on any atom is -0.496 e. The molecule has 2 aromatic rings. The van der Waals surface area contributed by atoms with Crippen LogP contribution in [0.5, 0.6) is 5.75 Å². The largest absolute Gasteiger partial charge is 0.496 e. The zero-order valence-electron chi connectivity index (χ0n) is 18.6. The van der Waals surface area contributed by atoms with Gasteiger partial charge in [-0.25, -0.2) is 0 Å². The first-order valence-corrected chi connectivity index (χ1v) is 9.53. The third-order valence-electron chi connectivity index (χ3n) is 5.46. The van der Waals surface area contributed by atoms with E-state index in [1.807, 2.05) is 0 Å². The summed E-state index contributed by atoms with van der Waals surface area (Å²) in [4.78, 5) is 8.71. The van der Waals surface area contributed by atoms with E-state index in [1.54, 1.807) is 7.11 Å². The lowest BCUT2D eigenvalue weighted by Crippen LogP contribution is -2.25. The topological polar surface area (TPSA) is 34.2 Å². The molecule has 0 radical (unpaired) electrons. The van der Waals surface area contributed by atoms with Crippen molar-refractivity contribution in [1.82, 2.24) is 0 Å². The average molecular weight is 384 g/mol. The van der Waals surface area contributed by atoms with Crippen molar-refractivity contribution >= 4 is 28.4 Å². The highest BCUT2D eigenvalue weighted by molar-refractivity contribution is 5.88. The minimum atomic E-state index is 0.0218. The van der Waals surface area contributed by atoms with Gasteiger partial charge in [0, 0.05) is 66.7 Å². The van der Waals surface area contributed by atoms with Crippen molar-refractivity contribution in [2.45, 2.75) is 13.1 Å². The number of hydrogen-bond donors (Lipinski definition) is 1. The molecule has 1 aliphatic rings. The Balaban J connectivity index is 2.09. The molecule has 0 aliphatic carbocycles. The van der Waals surface area contributed by atoms with Crippen LogP contribution < -0.4 is 29.7 Å². The summed E-state index contributed by atoms with van der Waals surface area (Å²) < 4.78 is 5.79. The number of methoxy groups -OCH3 is 1. The molecule has 3 rings (SSSR count). The second-order valence-corrected chi connectivity index (χ2v) is 8.08. The Morgan fingerprint density at radius 2 is 1.50 bits per heavy atom. The van der Waals surface area contributed by atoms with Crippen molar-refractivity contribution < 1.29 is 4.74 Å². The second-order valence-electron chi connectivity index (χ2n) is 8.08. The van der Waals surface area contributed by atoms with Crippen molar-refractivity contribution in [3.05, 3.63) is 35.4 Å². The van der Waals surface area contributed by atoms with Crippen LogP contribution in [0.15, 0.2) is 24.3 Å². The van der Waals surface area contributed by atoms with Gasteiger partial charge < -0.3 is 29.7 Å². The Labute approximate surface area is 169 Å². The maximum atomic E-state index is 5.79. The van der Waals surface area contributed by atoms with E-state index in [4.69, 9.17) is 4.74 Å². The van der Waals surface area contributed by atoms with Crippen molar-refractivity contribution in [1.29, 1.82) is 0 Å². The maximum Gasteiger partial charge on any atom is 0.129 e. The van der Waals surface area contributed by atoms with Gasteiger partial charge in [0.2, 0.25) is 0 Å². The molecule has 0 saturated heterocycles. The molecule has 1 unspecified atom stereocenters. The minimum absolute atomic E-state index is 0.0218. The summed E-state index contributed by atoms with van der Waals surface area (Å²) in [6.45, 7) is 2.15. The third-order valence-corrected chi connectivity index (χ3v) is 5.46. The second kappa shape index (κ2) is 7.34. The van der Waals surface area contributed by atoms with E-state index in [1.165, 1.54) is 28.2 Å². The van der Waals surface area contributed by atoms with Crippen molar-refractivity contribution in [2.24, 2.45) is 0 Å². The fourth-order valence-electron chi connectivity index (χ4n) is 3.86. The number of anilines is 5. The highest BCUT2D eigenvalue weighted by Gasteiger charge is 2.32. The summed E-state index contributed by atoms with van der Waals surface area (Å²) in [6, 6.07) is 8.81. The molecule has 152 valence electrons. The lowest BCUT2D eigenvalue weighted by atomic mass is 10.0. The molecule has 1 atom stereocenters. The molecule has 1 aliphatic heterocycles. The van der Waals surface area contributed by atoms with E-state index in [9.17, 15) is 0 Å². The van der Waals surface area contributed by atoms with Crippen LogP contribution in [0.1, 0.15) is 17.3 Å². The number of fused-ring (bicyclic) bond motifs is 1. The van der Waals surface area contributed by atoms with Gasteiger partial charge in [0.15, 0.2) is 0 Å². The highest BCUT2D eigenvalue weighted by atomic mass is 16.5. The van der Waals surface area contributed by atoms with Gasteiger partial charge in [-0.3, -0.25) is 0 Å². The number of nitrogens with zero attached hydrogens (tertiary/aromatic N) is 4. The summed E-state index contributed by atoms with van der Waals surface area (Å²) in [6.07, 6.45) is 0.0218. The van der Waals surface area contributed by atoms with E-state index in [0.29, 0.717) is 0 Å². The normalized spacial score (nSPS) is 15.2. The molecule has 0 spiro atoms. The number of hydrogen-bond acceptors (Lipinski definition) is 6. The Kier molecular flexibility index (Phi) is 5.24. The summed E-state index contributed by atoms with van der Waals surface area (Å²) in [5.41, 5.74) is 8.24. The number of benzene rings is 2. The van der Waals surface area contributed by atoms with Crippen LogP contribution in [0.2, 0.25) is 0 Å². The number of rotatable bonds is 5. The number of ether oxygens (including phenoxy) is 1. The first-order valence-electron chi connectivity index (χ1n) is 9.53. The monoisotopic (exact) mass is 383 g/mol. The van der Waals surface area contributed by atoms with Gasteiger partial charge in [0.25, 0.3) is 0 Å². The van der Waals surface area contributed by atoms with Crippen LogP contribution in [-0.4, -0.2) is 56.4 Å². The zero-order valence-corrected chi connectivity index (χ0v) is 18.6. The van der Waals surface area contributed by atoms with Gasteiger partial charge >= 0.3 is 0 Å². The van der Waals surface area contributed by atoms with E-state index in [0.717, 1.165) is 17.1 Å². The lowest BCUT2D eigenvalue weighted by Gasteiger charge is -2.28. The molecular formula is C22H33N5O. The molecular weight excluding hydrogens is 350 g/mol. The van der Waals surface area contributed by atoms with Crippen molar-refractivity contribution in [2.75, 3.05) is 81.4 Å². The van der Waals surface area contributed by atoms with Crippen LogP contribution in [0.25, 0.3) is 0 Å². The van der Waals surface area contributed by atoms with Crippen molar-refractivity contribution in [3.8, 4) is 5.75 Å². The van der Waals surface area contributed by atoms with E-state index < -0.39 is 0 Å². The van der Waals surface area contributed by atoms with Crippen LogP contribution in [0.4, 0.5) is 28.4 Å². The van der Waals surface area contributed by atoms with Gasteiger partial charge in [-0.05, 0) is 30.7 Å². The fraction of sp³-hybridized carbons (Fsp3) is 0.455. The molecule has 28 heavy (non-hydrogen) atoms. The standard InChI is InChI=1S/C22H33N5O/c1-14-10-15(24(2)3)11-20(28-9)21(14)22-23-16-12-18(25(4)5)19(26(6)7)13-17(16)27(22)8/h10-13,22-23H,1-9H3. The molecule has 0 saturated carbocycles. The van der Waals surface area contributed by atoms with Crippen LogP contribution in [0.3, 0.4) is 0 Å². The van der Waals surface area contributed by atoms with Gasteiger partial charge in [0.1, 0.15) is 11.9 Å². The Bertz CT molecular complexity index is 876. The SMILES string of the molecule is COc1cc(N(C)C)cc(C)c1C1Nc2cc(N(C)C)c(N(C)C)cc2N1C. The quantitative estimate of drug-likeness (QED) is 0.847. The molecule has 6 heteroatoms.